The van der Waals surface area contributed by atoms with Gasteiger partial charge in [-0.05, 0) is 37.5 Å². The summed E-state index contributed by atoms with van der Waals surface area (Å²) in [5, 5.41) is 3.02. The molecular formula is C19H28N4O. The molecule has 5 heteroatoms. The number of nitrogens with one attached hydrogen (secondary N) is 1. The topological polar surface area (TPSA) is 49.6 Å². The Labute approximate surface area is 144 Å². The summed E-state index contributed by atoms with van der Waals surface area (Å²) < 4.78 is 1.99. The van der Waals surface area contributed by atoms with E-state index in [0.29, 0.717) is 12.6 Å². The fourth-order valence-corrected chi connectivity index (χ4v) is 3.50. The Bertz CT molecular complexity index is 686. The van der Waals surface area contributed by atoms with Gasteiger partial charge in [0.05, 0.1) is 12.2 Å². The second-order valence-corrected chi connectivity index (χ2v) is 6.97. The van der Waals surface area contributed by atoms with E-state index in [4.69, 9.17) is 0 Å². The van der Waals surface area contributed by atoms with Gasteiger partial charge in [-0.2, -0.15) is 0 Å². The second kappa shape index (κ2) is 7.69. The molecule has 2 aromatic heterocycles. The fraction of sp³-hybridized carbons (Fsp3) is 0.579. The maximum absolute atomic E-state index is 12.5. The summed E-state index contributed by atoms with van der Waals surface area (Å²) >= 11 is 0. The minimum absolute atomic E-state index is 0.00816. The summed E-state index contributed by atoms with van der Waals surface area (Å²) in [6.45, 7) is 2.52. The van der Waals surface area contributed by atoms with Gasteiger partial charge < -0.3 is 14.6 Å². The average molecular weight is 328 g/mol. The van der Waals surface area contributed by atoms with Crippen LogP contribution in [0.5, 0.6) is 0 Å². The summed E-state index contributed by atoms with van der Waals surface area (Å²) in [6.07, 6.45) is 12.6. The van der Waals surface area contributed by atoms with Crippen LogP contribution in [0.3, 0.4) is 0 Å². The number of hydrogen-bond acceptors (Lipinski definition) is 2. The number of fused-ring (bicyclic) bond motifs is 1. The molecule has 0 saturated heterocycles. The van der Waals surface area contributed by atoms with Gasteiger partial charge in [-0.3, -0.25) is 0 Å². The average Bonchev–Trinajstić information content (AvgIpc) is 2.93. The van der Waals surface area contributed by atoms with Crippen LogP contribution in [0.2, 0.25) is 0 Å². The third-order valence-corrected chi connectivity index (χ3v) is 5.03. The molecule has 0 atom stereocenters. The lowest BCUT2D eigenvalue weighted by Crippen LogP contribution is -2.43. The van der Waals surface area contributed by atoms with E-state index in [2.05, 4.69) is 23.3 Å². The van der Waals surface area contributed by atoms with Crippen molar-refractivity contribution in [2.24, 2.45) is 0 Å². The van der Waals surface area contributed by atoms with Crippen molar-refractivity contribution in [1.29, 1.82) is 0 Å². The molecule has 0 aromatic carbocycles. The molecular weight excluding hydrogens is 300 g/mol. The van der Waals surface area contributed by atoms with E-state index in [1.807, 2.05) is 34.8 Å². The first-order chi connectivity index (χ1) is 11.6. The van der Waals surface area contributed by atoms with Crippen molar-refractivity contribution >= 4 is 11.7 Å². The van der Waals surface area contributed by atoms with Crippen molar-refractivity contribution in [3.05, 3.63) is 35.8 Å². The highest BCUT2D eigenvalue weighted by Gasteiger charge is 2.20. The summed E-state index contributed by atoms with van der Waals surface area (Å²) in [5.41, 5.74) is 3.00. The molecule has 0 aliphatic heterocycles. The van der Waals surface area contributed by atoms with E-state index < -0.39 is 0 Å². The van der Waals surface area contributed by atoms with Crippen LogP contribution in [0.25, 0.3) is 5.65 Å². The number of pyridine rings is 1. The fourth-order valence-electron chi connectivity index (χ4n) is 3.50. The first kappa shape index (κ1) is 16.8. The Morgan fingerprint density at radius 2 is 2.00 bits per heavy atom. The quantitative estimate of drug-likeness (QED) is 0.929. The van der Waals surface area contributed by atoms with E-state index in [1.165, 1.54) is 37.7 Å². The molecule has 2 amide bonds. The zero-order valence-corrected chi connectivity index (χ0v) is 14.8. The molecule has 0 bridgehead atoms. The number of aromatic nitrogens is 2. The maximum Gasteiger partial charge on any atom is 0.317 e. The van der Waals surface area contributed by atoms with Gasteiger partial charge in [0.25, 0.3) is 0 Å². The lowest BCUT2D eigenvalue weighted by Gasteiger charge is -2.29. The van der Waals surface area contributed by atoms with Crippen molar-refractivity contribution in [2.45, 2.75) is 64.5 Å². The zero-order chi connectivity index (χ0) is 16.9. The SMILES string of the molecule is Cc1ccn2cc(CNC(=O)N(C)C3CCCCCCC3)nc2c1. The minimum atomic E-state index is 0.00816. The van der Waals surface area contributed by atoms with Crippen molar-refractivity contribution in [3.8, 4) is 0 Å². The zero-order valence-electron chi connectivity index (χ0n) is 14.8. The van der Waals surface area contributed by atoms with Gasteiger partial charge in [-0.1, -0.05) is 32.1 Å². The van der Waals surface area contributed by atoms with Crippen molar-refractivity contribution in [3.63, 3.8) is 0 Å². The lowest BCUT2D eigenvalue weighted by molar-refractivity contribution is 0.178. The van der Waals surface area contributed by atoms with Crippen LogP contribution in [0.4, 0.5) is 4.79 Å². The highest BCUT2D eigenvalue weighted by atomic mass is 16.2. The largest absolute Gasteiger partial charge is 0.332 e. The normalized spacial score (nSPS) is 16.6. The van der Waals surface area contributed by atoms with Crippen molar-refractivity contribution in [1.82, 2.24) is 19.6 Å². The number of nitrogens with zero attached hydrogens (tertiary/aromatic N) is 3. The third kappa shape index (κ3) is 4.08. The van der Waals surface area contributed by atoms with Gasteiger partial charge >= 0.3 is 6.03 Å². The van der Waals surface area contributed by atoms with Crippen LogP contribution in [0, 0.1) is 6.92 Å². The molecule has 1 aliphatic carbocycles. The van der Waals surface area contributed by atoms with Gasteiger partial charge in [-0.25, -0.2) is 9.78 Å². The number of carbonyl (C=O) groups is 1. The van der Waals surface area contributed by atoms with Crippen LogP contribution >= 0.6 is 0 Å². The van der Waals surface area contributed by atoms with E-state index in [0.717, 1.165) is 24.2 Å². The summed E-state index contributed by atoms with van der Waals surface area (Å²) in [5.74, 6) is 0. The van der Waals surface area contributed by atoms with Gasteiger partial charge in [0, 0.05) is 25.5 Å². The highest BCUT2D eigenvalue weighted by molar-refractivity contribution is 5.74. The molecule has 5 nitrogen and oxygen atoms in total. The van der Waals surface area contributed by atoms with Gasteiger partial charge in [0.2, 0.25) is 0 Å². The lowest BCUT2D eigenvalue weighted by atomic mass is 9.96. The first-order valence-electron chi connectivity index (χ1n) is 9.08. The van der Waals surface area contributed by atoms with Gasteiger partial charge in [0.15, 0.2) is 0 Å². The summed E-state index contributed by atoms with van der Waals surface area (Å²) in [4.78, 5) is 18.9. The summed E-state index contributed by atoms with van der Waals surface area (Å²) in [6, 6.07) is 4.48. The van der Waals surface area contributed by atoms with E-state index in [1.54, 1.807) is 0 Å². The Morgan fingerprint density at radius 3 is 2.75 bits per heavy atom. The molecule has 1 aliphatic rings. The number of amides is 2. The van der Waals surface area contributed by atoms with Crippen LogP contribution in [0.15, 0.2) is 24.5 Å². The number of imidazole rings is 1. The number of carbonyl (C=O) groups excluding carboxylic acids is 1. The van der Waals surface area contributed by atoms with Crippen molar-refractivity contribution in [2.75, 3.05) is 7.05 Å². The highest BCUT2D eigenvalue weighted by Crippen LogP contribution is 2.20. The Balaban J connectivity index is 1.56. The first-order valence-corrected chi connectivity index (χ1v) is 9.08. The monoisotopic (exact) mass is 328 g/mol. The van der Waals surface area contributed by atoms with E-state index >= 15 is 0 Å². The Hall–Kier alpha value is -2.04. The number of hydrogen-bond donors (Lipinski definition) is 1. The van der Waals surface area contributed by atoms with Crippen LogP contribution < -0.4 is 5.32 Å². The second-order valence-electron chi connectivity index (χ2n) is 6.97. The molecule has 1 N–H and O–H groups in total. The van der Waals surface area contributed by atoms with Gasteiger partial charge in [-0.15, -0.1) is 0 Å². The molecule has 1 saturated carbocycles. The number of aryl methyl sites for hydroxylation is 1. The molecule has 1 fully saturated rings. The number of rotatable bonds is 3. The molecule has 0 radical (unpaired) electrons. The maximum atomic E-state index is 12.5. The molecule has 2 aromatic rings. The van der Waals surface area contributed by atoms with Crippen LogP contribution in [0.1, 0.15) is 56.2 Å². The standard InChI is InChI=1S/C19H28N4O/c1-15-10-11-23-14-16(21-18(23)12-15)13-20-19(24)22(2)17-8-6-4-3-5-7-9-17/h10-12,14,17H,3-9,13H2,1-2H3,(H,20,24). The molecule has 0 spiro atoms. The van der Waals surface area contributed by atoms with E-state index in [-0.39, 0.29) is 6.03 Å². The molecule has 24 heavy (non-hydrogen) atoms. The molecule has 2 heterocycles. The Morgan fingerprint density at radius 1 is 1.29 bits per heavy atom. The van der Waals surface area contributed by atoms with Gasteiger partial charge in [0.1, 0.15) is 5.65 Å². The minimum Gasteiger partial charge on any atom is -0.332 e. The smallest absolute Gasteiger partial charge is 0.317 e. The molecule has 0 unspecified atom stereocenters. The predicted molar refractivity (Wildman–Crippen MR) is 96.0 cm³/mol. The third-order valence-electron chi connectivity index (χ3n) is 5.03. The predicted octanol–water partition coefficient (Wildman–Crippen LogP) is 3.90. The summed E-state index contributed by atoms with van der Waals surface area (Å²) in [7, 11) is 1.93. The molecule has 3 rings (SSSR count). The van der Waals surface area contributed by atoms with Crippen molar-refractivity contribution < 1.29 is 4.79 Å². The van der Waals surface area contributed by atoms with E-state index in [9.17, 15) is 4.79 Å². The van der Waals surface area contributed by atoms with Crippen LogP contribution in [-0.2, 0) is 6.54 Å². The number of urea groups is 1. The Kier molecular flexibility index (Phi) is 5.38. The van der Waals surface area contributed by atoms with Crippen LogP contribution in [-0.4, -0.2) is 33.4 Å². The molecule has 130 valence electrons.